The van der Waals surface area contributed by atoms with Gasteiger partial charge in [0.25, 0.3) is 0 Å². The van der Waals surface area contributed by atoms with Crippen LogP contribution in [0.5, 0.6) is 0 Å². The van der Waals surface area contributed by atoms with Crippen molar-refractivity contribution < 1.29 is 0 Å². The van der Waals surface area contributed by atoms with Gasteiger partial charge in [0.05, 0.1) is 4.47 Å². The van der Waals surface area contributed by atoms with Crippen molar-refractivity contribution in [3.63, 3.8) is 0 Å². The molecule has 0 saturated heterocycles. The third-order valence-electron chi connectivity index (χ3n) is 2.47. The summed E-state index contributed by atoms with van der Waals surface area (Å²) >= 11 is 3.50. The zero-order chi connectivity index (χ0) is 11.7. The molecule has 3 nitrogen and oxygen atoms in total. The lowest BCUT2D eigenvalue weighted by atomic mass is 10.3. The van der Waals surface area contributed by atoms with E-state index in [4.69, 9.17) is 0 Å². The van der Waals surface area contributed by atoms with Crippen molar-refractivity contribution in [1.29, 1.82) is 0 Å². The molecule has 16 heavy (non-hydrogen) atoms. The van der Waals surface area contributed by atoms with E-state index >= 15 is 0 Å². The maximum atomic E-state index is 4.36. The second-order valence-electron chi connectivity index (χ2n) is 3.91. The zero-order valence-electron chi connectivity index (χ0n) is 9.58. The van der Waals surface area contributed by atoms with Crippen LogP contribution >= 0.6 is 15.9 Å². The molecule has 0 aliphatic carbocycles. The van der Waals surface area contributed by atoms with Crippen molar-refractivity contribution >= 4 is 21.7 Å². The minimum atomic E-state index is 0.827. The van der Waals surface area contributed by atoms with Crippen LogP contribution < -0.4 is 5.43 Å². The first-order valence-electron chi connectivity index (χ1n) is 5.12. The first-order chi connectivity index (χ1) is 7.58. The van der Waals surface area contributed by atoms with E-state index < -0.39 is 0 Å². The first kappa shape index (κ1) is 11.2. The molecule has 4 heteroatoms. The average Bonchev–Trinajstić information content (AvgIpc) is 2.53. The van der Waals surface area contributed by atoms with E-state index in [9.17, 15) is 0 Å². The monoisotopic (exact) mass is 279 g/mol. The normalized spacial score (nSPS) is 10.5. The SMILES string of the molecule is Cc1cnc(Nn2c(C)ccc2C)c(Br)c1. The molecular formula is C12H14BrN3. The summed E-state index contributed by atoms with van der Waals surface area (Å²) in [6, 6.07) is 6.19. The Morgan fingerprint density at radius 2 is 1.81 bits per heavy atom. The molecule has 0 radical (unpaired) electrons. The molecule has 0 amide bonds. The van der Waals surface area contributed by atoms with E-state index in [1.165, 1.54) is 0 Å². The Hall–Kier alpha value is -1.29. The maximum Gasteiger partial charge on any atom is 0.159 e. The van der Waals surface area contributed by atoms with Crippen LogP contribution in [0, 0.1) is 20.8 Å². The summed E-state index contributed by atoms with van der Waals surface area (Å²) in [5, 5.41) is 0. The average molecular weight is 280 g/mol. The van der Waals surface area contributed by atoms with Gasteiger partial charge in [-0.05, 0) is 60.5 Å². The van der Waals surface area contributed by atoms with Crippen LogP contribution in [0.1, 0.15) is 17.0 Å². The Balaban J connectivity index is 2.34. The molecule has 0 aliphatic heterocycles. The van der Waals surface area contributed by atoms with Gasteiger partial charge >= 0.3 is 0 Å². The molecule has 0 saturated carbocycles. The predicted octanol–water partition coefficient (Wildman–Crippen LogP) is 3.45. The molecule has 1 N–H and O–H groups in total. The summed E-state index contributed by atoms with van der Waals surface area (Å²) in [7, 11) is 0. The number of hydrogen-bond acceptors (Lipinski definition) is 2. The molecule has 0 aliphatic rings. The highest BCUT2D eigenvalue weighted by Gasteiger charge is 2.05. The Kier molecular flexibility index (Phi) is 3.01. The van der Waals surface area contributed by atoms with Crippen LogP contribution in [-0.2, 0) is 0 Å². The van der Waals surface area contributed by atoms with Gasteiger partial charge in [-0.2, -0.15) is 0 Å². The number of nitrogens with one attached hydrogen (secondary N) is 1. The number of aryl methyl sites for hydroxylation is 3. The lowest BCUT2D eigenvalue weighted by Gasteiger charge is -2.13. The van der Waals surface area contributed by atoms with E-state index in [2.05, 4.69) is 52.3 Å². The lowest BCUT2D eigenvalue weighted by Crippen LogP contribution is -2.13. The van der Waals surface area contributed by atoms with Crippen molar-refractivity contribution in [1.82, 2.24) is 9.66 Å². The molecule has 0 fully saturated rings. The number of halogens is 1. The third-order valence-corrected chi connectivity index (χ3v) is 3.07. The van der Waals surface area contributed by atoms with Crippen LogP contribution in [0.15, 0.2) is 28.9 Å². The minimum absolute atomic E-state index is 0.827. The summed E-state index contributed by atoms with van der Waals surface area (Å²) in [5.74, 6) is 0.827. The van der Waals surface area contributed by atoms with Crippen molar-refractivity contribution in [2.75, 3.05) is 5.43 Å². The van der Waals surface area contributed by atoms with Gasteiger partial charge in [0.1, 0.15) is 0 Å². The fourth-order valence-electron chi connectivity index (χ4n) is 1.57. The largest absolute Gasteiger partial charge is 0.277 e. The van der Waals surface area contributed by atoms with Gasteiger partial charge < -0.3 is 0 Å². The maximum absolute atomic E-state index is 4.36. The molecule has 0 atom stereocenters. The number of pyridine rings is 1. The van der Waals surface area contributed by atoms with Crippen molar-refractivity contribution in [2.24, 2.45) is 0 Å². The van der Waals surface area contributed by atoms with Crippen molar-refractivity contribution in [3.05, 3.63) is 45.8 Å². The molecule has 84 valence electrons. The molecule has 0 unspecified atom stereocenters. The Bertz CT molecular complexity index is 497. The number of hydrogen-bond donors (Lipinski definition) is 1. The van der Waals surface area contributed by atoms with Gasteiger partial charge in [0.2, 0.25) is 0 Å². The van der Waals surface area contributed by atoms with Gasteiger partial charge in [-0.25, -0.2) is 4.98 Å². The summed E-state index contributed by atoms with van der Waals surface area (Å²) in [4.78, 5) is 4.36. The van der Waals surface area contributed by atoms with Crippen LogP contribution in [0.3, 0.4) is 0 Å². The van der Waals surface area contributed by atoms with E-state index in [0.717, 1.165) is 27.2 Å². The third kappa shape index (κ3) is 2.11. The Labute approximate surface area is 104 Å². The molecule has 0 aromatic carbocycles. The fourth-order valence-corrected chi connectivity index (χ4v) is 2.12. The molecule has 2 aromatic heterocycles. The predicted molar refractivity (Wildman–Crippen MR) is 69.6 cm³/mol. The summed E-state index contributed by atoms with van der Waals surface area (Å²) in [6.07, 6.45) is 1.85. The second-order valence-corrected chi connectivity index (χ2v) is 4.76. The quantitative estimate of drug-likeness (QED) is 0.913. The topological polar surface area (TPSA) is 29.9 Å². The molecule has 0 spiro atoms. The van der Waals surface area contributed by atoms with E-state index in [1.807, 2.05) is 23.9 Å². The molecule has 2 heterocycles. The van der Waals surface area contributed by atoms with Crippen LogP contribution in [0.2, 0.25) is 0 Å². The lowest BCUT2D eigenvalue weighted by molar-refractivity contribution is 0.868. The van der Waals surface area contributed by atoms with Crippen LogP contribution in [0.25, 0.3) is 0 Å². The Morgan fingerprint density at radius 3 is 2.38 bits per heavy atom. The fraction of sp³-hybridized carbons (Fsp3) is 0.250. The smallest absolute Gasteiger partial charge is 0.159 e. The minimum Gasteiger partial charge on any atom is -0.277 e. The molecule has 2 aromatic rings. The van der Waals surface area contributed by atoms with E-state index in [-0.39, 0.29) is 0 Å². The standard InChI is InChI=1S/C12H14BrN3/c1-8-6-11(13)12(14-7-8)15-16-9(2)4-5-10(16)3/h4-7H,1-3H3,(H,14,15). The highest BCUT2D eigenvalue weighted by molar-refractivity contribution is 9.10. The van der Waals surface area contributed by atoms with Gasteiger partial charge in [0.15, 0.2) is 5.82 Å². The molecule has 2 rings (SSSR count). The number of rotatable bonds is 2. The number of nitrogens with zero attached hydrogens (tertiary/aromatic N) is 2. The van der Waals surface area contributed by atoms with Gasteiger partial charge in [0, 0.05) is 17.6 Å². The summed E-state index contributed by atoms with van der Waals surface area (Å²) < 4.78 is 2.99. The zero-order valence-corrected chi connectivity index (χ0v) is 11.2. The van der Waals surface area contributed by atoms with E-state index in [0.29, 0.717) is 0 Å². The Morgan fingerprint density at radius 1 is 1.19 bits per heavy atom. The highest BCUT2D eigenvalue weighted by atomic mass is 79.9. The second kappa shape index (κ2) is 4.29. The number of aromatic nitrogens is 2. The van der Waals surface area contributed by atoms with Crippen LogP contribution in [-0.4, -0.2) is 9.66 Å². The van der Waals surface area contributed by atoms with Crippen molar-refractivity contribution in [3.8, 4) is 0 Å². The van der Waals surface area contributed by atoms with Gasteiger partial charge in [-0.1, -0.05) is 0 Å². The van der Waals surface area contributed by atoms with Crippen molar-refractivity contribution in [2.45, 2.75) is 20.8 Å². The first-order valence-corrected chi connectivity index (χ1v) is 5.91. The molecule has 0 bridgehead atoms. The van der Waals surface area contributed by atoms with Gasteiger partial charge in [-0.3, -0.25) is 10.1 Å². The summed E-state index contributed by atoms with van der Waals surface area (Å²) in [5.41, 5.74) is 6.73. The number of anilines is 1. The highest BCUT2D eigenvalue weighted by Crippen LogP contribution is 2.21. The molecular weight excluding hydrogens is 266 g/mol. The van der Waals surface area contributed by atoms with Crippen LogP contribution in [0.4, 0.5) is 5.82 Å². The van der Waals surface area contributed by atoms with E-state index in [1.54, 1.807) is 0 Å². The summed E-state index contributed by atoms with van der Waals surface area (Å²) in [6.45, 7) is 6.14. The van der Waals surface area contributed by atoms with Gasteiger partial charge in [-0.15, -0.1) is 0 Å².